The summed E-state index contributed by atoms with van der Waals surface area (Å²) in [5.74, 6) is 0.520. The summed E-state index contributed by atoms with van der Waals surface area (Å²) in [4.78, 5) is 12.7. The van der Waals surface area contributed by atoms with Crippen molar-refractivity contribution in [3.05, 3.63) is 76.4 Å². The molecule has 7 heteroatoms. The summed E-state index contributed by atoms with van der Waals surface area (Å²) in [5, 5.41) is 7.93. The molecule has 1 heterocycles. The minimum absolute atomic E-state index is 0.0254. The molecule has 29 heavy (non-hydrogen) atoms. The number of benzene rings is 1. The molecule has 0 radical (unpaired) electrons. The predicted octanol–water partition coefficient (Wildman–Crippen LogP) is 3.76. The molecule has 3 rings (SSSR count). The maximum Gasteiger partial charge on any atom is 0.255 e. The molecule has 2 aromatic rings. The lowest BCUT2D eigenvalue weighted by atomic mass is 9.83. The first-order valence-electron chi connectivity index (χ1n) is 9.54. The van der Waals surface area contributed by atoms with E-state index in [9.17, 15) is 4.79 Å². The number of hydrogen-bond donors (Lipinski definition) is 2. The van der Waals surface area contributed by atoms with Gasteiger partial charge in [-0.1, -0.05) is 18.5 Å². The standard InChI is InChI=1S/C22H27ClN4O2/c1-14-17(26-21(28)15-5-7-16(23)8-6-15)9-10-19(29-13-22(2,3)24)20(14)18-11-12-25-27(18)4/h5-12,14,20H,13,24H2,1-4H3,(H,26,28)/t14-,20?/m0/s1. The van der Waals surface area contributed by atoms with Crippen LogP contribution in [-0.2, 0) is 11.8 Å². The summed E-state index contributed by atoms with van der Waals surface area (Å²) in [7, 11) is 1.90. The van der Waals surface area contributed by atoms with E-state index in [4.69, 9.17) is 22.1 Å². The van der Waals surface area contributed by atoms with Crippen molar-refractivity contribution in [2.24, 2.45) is 18.7 Å². The third-order valence-corrected chi connectivity index (χ3v) is 5.13. The number of amides is 1. The Labute approximate surface area is 176 Å². The smallest absolute Gasteiger partial charge is 0.255 e. The molecular formula is C22H27ClN4O2. The van der Waals surface area contributed by atoms with Crippen molar-refractivity contribution >= 4 is 17.5 Å². The number of halogens is 1. The summed E-state index contributed by atoms with van der Waals surface area (Å²) in [6.45, 7) is 6.30. The Morgan fingerprint density at radius 1 is 1.28 bits per heavy atom. The second-order valence-electron chi connectivity index (χ2n) is 8.08. The van der Waals surface area contributed by atoms with E-state index in [1.807, 2.05) is 43.8 Å². The highest BCUT2D eigenvalue weighted by molar-refractivity contribution is 6.30. The van der Waals surface area contributed by atoms with Crippen LogP contribution in [0.3, 0.4) is 0 Å². The van der Waals surface area contributed by atoms with Gasteiger partial charge in [-0.15, -0.1) is 0 Å². The van der Waals surface area contributed by atoms with Gasteiger partial charge in [0.25, 0.3) is 5.91 Å². The van der Waals surface area contributed by atoms with Gasteiger partial charge in [0.15, 0.2) is 0 Å². The van der Waals surface area contributed by atoms with Gasteiger partial charge in [-0.2, -0.15) is 5.10 Å². The number of nitrogens with one attached hydrogen (secondary N) is 1. The van der Waals surface area contributed by atoms with Crippen molar-refractivity contribution in [1.29, 1.82) is 0 Å². The number of aromatic nitrogens is 2. The van der Waals surface area contributed by atoms with Crippen molar-refractivity contribution in [3.63, 3.8) is 0 Å². The third-order valence-electron chi connectivity index (χ3n) is 4.88. The van der Waals surface area contributed by atoms with Crippen LogP contribution < -0.4 is 11.1 Å². The van der Waals surface area contributed by atoms with Crippen LogP contribution in [0.15, 0.2) is 60.1 Å². The zero-order chi connectivity index (χ0) is 21.2. The molecule has 1 aromatic heterocycles. The SMILES string of the molecule is C[C@H]1C(NC(=O)c2ccc(Cl)cc2)=CC=C(OCC(C)(C)N)C1c1ccnn1C. The number of aryl methyl sites for hydroxylation is 1. The molecular weight excluding hydrogens is 388 g/mol. The average Bonchev–Trinajstić information content (AvgIpc) is 3.07. The van der Waals surface area contributed by atoms with Crippen LogP contribution in [0.25, 0.3) is 0 Å². The normalized spacial score (nSPS) is 19.4. The Morgan fingerprint density at radius 2 is 1.97 bits per heavy atom. The van der Waals surface area contributed by atoms with Gasteiger partial charge in [0.2, 0.25) is 0 Å². The summed E-state index contributed by atoms with van der Waals surface area (Å²) >= 11 is 5.92. The fourth-order valence-corrected chi connectivity index (χ4v) is 3.44. The Kier molecular flexibility index (Phi) is 6.15. The minimum Gasteiger partial charge on any atom is -0.495 e. The van der Waals surface area contributed by atoms with Gasteiger partial charge >= 0.3 is 0 Å². The zero-order valence-corrected chi connectivity index (χ0v) is 17.9. The lowest BCUT2D eigenvalue weighted by molar-refractivity contribution is 0.0956. The van der Waals surface area contributed by atoms with Gasteiger partial charge in [0.05, 0.1) is 5.92 Å². The van der Waals surface area contributed by atoms with Crippen molar-refractivity contribution in [2.45, 2.75) is 32.2 Å². The molecule has 1 amide bonds. The number of nitrogens with zero attached hydrogens (tertiary/aromatic N) is 2. The summed E-state index contributed by atoms with van der Waals surface area (Å²) in [5.41, 5.74) is 8.02. The quantitative estimate of drug-likeness (QED) is 0.753. The lowest BCUT2D eigenvalue weighted by Crippen LogP contribution is -2.38. The summed E-state index contributed by atoms with van der Waals surface area (Å²) in [6, 6.07) is 8.79. The monoisotopic (exact) mass is 414 g/mol. The molecule has 1 unspecified atom stereocenters. The molecule has 1 aliphatic rings. The van der Waals surface area contributed by atoms with Crippen LogP contribution >= 0.6 is 11.6 Å². The number of hydrogen-bond acceptors (Lipinski definition) is 4. The van der Waals surface area contributed by atoms with E-state index in [-0.39, 0.29) is 17.7 Å². The molecule has 2 atom stereocenters. The van der Waals surface area contributed by atoms with Gasteiger partial charge in [-0.05, 0) is 56.3 Å². The van der Waals surface area contributed by atoms with Crippen LogP contribution in [0, 0.1) is 5.92 Å². The molecule has 0 saturated heterocycles. The Balaban J connectivity index is 1.87. The molecule has 1 aromatic carbocycles. The molecule has 0 fully saturated rings. The Morgan fingerprint density at radius 3 is 2.55 bits per heavy atom. The molecule has 0 saturated carbocycles. The van der Waals surface area contributed by atoms with Crippen molar-refractivity contribution in [2.75, 3.05) is 6.61 Å². The first kappa shape index (κ1) is 21.1. The largest absolute Gasteiger partial charge is 0.495 e. The van der Waals surface area contributed by atoms with Crippen LogP contribution in [0.4, 0.5) is 0 Å². The maximum atomic E-state index is 12.7. The van der Waals surface area contributed by atoms with E-state index in [1.165, 1.54) is 0 Å². The van der Waals surface area contributed by atoms with Gasteiger partial charge in [0, 0.05) is 46.7 Å². The number of nitrogens with two attached hydrogens (primary N) is 1. The second kappa shape index (κ2) is 8.43. The van der Waals surface area contributed by atoms with Gasteiger partial charge in [0.1, 0.15) is 12.4 Å². The first-order chi connectivity index (χ1) is 13.7. The van der Waals surface area contributed by atoms with E-state index in [0.717, 1.165) is 17.2 Å². The number of carbonyl (C=O) groups is 1. The van der Waals surface area contributed by atoms with Crippen LogP contribution in [-0.4, -0.2) is 27.8 Å². The Hall–Kier alpha value is -2.57. The van der Waals surface area contributed by atoms with Crippen LogP contribution in [0.2, 0.25) is 5.02 Å². The van der Waals surface area contributed by atoms with E-state index < -0.39 is 5.54 Å². The van der Waals surface area contributed by atoms with E-state index in [2.05, 4.69) is 17.3 Å². The summed E-state index contributed by atoms with van der Waals surface area (Å²) < 4.78 is 7.91. The molecule has 0 aliphatic heterocycles. The van der Waals surface area contributed by atoms with Gasteiger partial charge in [-0.3, -0.25) is 9.48 Å². The van der Waals surface area contributed by atoms with Gasteiger partial charge < -0.3 is 15.8 Å². The highest BCUT2D eigenvalue weighted by Gasteiger charge is 2.33. The topological polar surface area (TPSA) is 82.2 Å². The predicted molar refractivity (Wildman–Crippen MR) is 114 cm³/mol. The van der Waals surface area contributed by atoms with E-state index >= 15 is 0 Å². The highest BCUT2D eigenvalue weighted by Crippen LogP contribution is 2.39. The fourth-order valence-electron chi connectivity index (χ4n) is 3.31. The van der Waals surface area contributed by atoms with Gasteiger partial charge in [-0.25, -0.2) is 0 Å². The van der Waals surface area contributed by atoms with E-state index in [0.29, 0.717) is 17.2 Å². The maximum absolute atomic E-state index is 12.7. The summed E-state index contributed by atoms with van der Waals surface area (Å²) in [6.07, 6.45) is 5.56. The first-order valence-corrected chi connectivity index (χ1v) is 9.92. The molecule has 0 spiro atoms. The lowest BCUT2D eigenvalue weighted by Gasteiger charge is -2.33. The minimum atomic E-state index is -0.451. The Bertz CT molecular complexity index is 938. The van der Waals surface area contributed by atoms with Crippen LogP contribution in [0.5, 0.6) is 0 Å². The fraction of sp³-hybridized carbons (Fsp3) is 0.364. The van der Waals surface area contributed by atoms with Crippen molar-refractivity contribution < 1.29 is 9.53 Å². The average molecular weight is 415 g/mol. The van der Waals surface area contributed by atoms with Crippen LogP contribution in [0.1, 0.15) is 42.7 Å². The van der Waals surface area contributed by atoms with Crippen molar-refractivity contribution in [1.82, 2.24) is 15.1 Å². The molecule has 0 bridgehead atoms. The number of rotatable bonds is 6. The third kappa shape index (κ3) is 5.08. The molecule has 1 aliphatic carbocycles. The number of carbonyl (C=O) groups excluding carboxylic acids is 1. The molecule has 6 nitrogen and oxygen atoms in total. The second-order valence-corrected chi connectivity index (χ2v) is 8.51. The number of ether oxygens (including phenoxy) is 1. The van der Waals surface area contributed by atoms with E-state index in [1.54, 1.807) is 30.5 Å². The number of allylic oxidation sites excluding steroid dienone is 4. The van der Waals surface area contributed by atoms with Crippen molar-refractivity contribution in [3.8, 4) is 0 Å². The molecule has 3 N–H and O–H groups in total. The molecule has 154 valence electrons. The zero-order valence-electron chi connectivity index (χ0n) is 17.1. The highest BCUT2D eigenvalue weighted by atomic mass is 35.5.